The van der Waals surface area contributed by atoms with Crippen LogP contribution >= 0.6 is 35.4 Å². The van der Waals surface area contributed by atoms with Gasteiger partial charge in [0.15, 0.2) is 5.11 Å². The Bertz CT molecular complexity index is 1230. The Kier molecular flexibility index (Phi) is 7.22. The number of hydrogen-bond donors (Lipinski definition) is 2. The van der Waals surface area contributed by atoms with E-state index in [0.29, 0.717) is 27.4 Å². The van der Waals surface area contributed by atoms with Crippen LogP contribution in [0.4, 0.5) is 5.69 Å². The maximum absolute atomic E-state index is 6.24. The van der Waals surface area contributed by atoms with Crippen molar-refractivity contribution >= 4 is 46.2 Å². The van der Waals surface area contributed by atoms with Crippen molar-refractivity contribution in [3.8, 4) is 22.8 Å². The summed E-state index contributed by atoms with van der Waals surface area (Å²) in [6.45, 7) is 0.465. The Morgan fingerprint density at radius 2 is 1.66 bits per heavy atom. The normalized spacial score (nSPS) is 10.4. The SMILES string of the molecule is S=C(NCc1cccnc1-c1ccccc1Oc1ccccc1)Nc1cccc(Cl)c1Cl. The number of aromatic nitrogens is 1. The van der Waals surface area contributed by atoms with E-state index in [4.69, 9.17) is 40.2 Å². The number of rotatable bonds is 6. The highest BCUT2D eigenvalue weighted by atomic mass is 35.5. The van der Waals surface area contributed by atoms with Crippen molar-refractivity contribution in [1.82, 2.24) is 10.3 Å². The molecule has 3 aromatic carbocycles. The van der Waals surface area contributed by atoms with Gasteiger partial charge in [-0.2, -0.15) is 0 Å². The smallest absolute Gasteiger partial charge is 0.171 e. The lowest BCUT2D eigenvalue weighted by Gasteiger charge is -2.16. The number of benzene rings is 3. The lowest BCUT2D eigenvalue weighted by atomic mass is 10.0. The first-order valence-electron chi connectivity index (χ1n) is 9.87. The van der Waals surface area contributed by atoms with Crippen LogP contribution in [0, 0.1) is 0 Å². The largest absolute Gasteiger partial charge is 0.457 e. The summed E-state index contributed by atoms with van der Waals surface area (Å²) >= 11 is 17.8. The van der Waals surface area contributed by atoms with Crippen LogP contribution in [-0.4, -0.2) is 10.1 Å². The van der Waals surface area contributed by atoms with E-state index < -0.39 is 0 Å². The first-order valence-corrected chi connectivity index (χ1v) is 11.0. The summed E-state index contributed by atoms with van der Waals surface area (Å²) in [5.41, 5.74) is 3.32. The minimum atomic E-state index is 0.423. The van der Waals surface area contributed by atoms with Crippen molar-refractivity contribution in [2.45, 2.75) is 6.54 Å². The quantitative estimate of drug-likeness (QED) is 0.283. The fourth-order valence-electron chi connectivity index (χ4n) is 3.13. The minimum Gasteiger partial charge on any atom is -0.457 e. The molecule has 0 aliphatic heterocycles. The van der Waals surface area contributed by atoms with E-state index in [0.717, 1.165) is 28.3 Å². The maximum atomic E-state index is 6.24. The molecule has 0 bridgehead atoms. The molecule has 4 nitrogen and oxygen atoms in total. The number of para-hydroxylation sites is 2. The summed E-state index contributed by atoms with van der Waals surface area (Å²) in [6, 6.07) is 26.7. The molecule has 0 aliphatic rings. The van der Waals surface area contributed by atoms with Crippen molar-refractivity contribution < 1.29 is 4.74 Å². The maximum Gasteiger partial charge on any atom is 0.171 e. The highest BCUT2D eigenvalue weighted by molar-refractivity contribution is 7.80. The molecule has 0 fully saturated rings. The standard InChI is InChI=1S/C25H19Cl2N3OS/c26-20-12-6-13-21(23(20)27)30-25(32)29-16-17-8-7-15-28-24(17)19-11-4-5-14-22(19)31-18-9-2-1-3-10-18/h1-15H,16H2,(H2,29,30,32). The van der Waals surface area contributed by atoms with Crippen LogP contribution in [0.25, 0.3) is 11.3 Å². The van der Waals surface area contributed by atoms with Crippen molar-refractivity contribution in [2.24, 2.45) is 0 Å². The average molecular weight is 480 g/mol. The predicted molar refractivity (Wildman–Crippen MR) is 136 cm³/mol. The van der Waals surface area contributed by atoms with Crippen LogP contribution in [-0.2, 0) is 6.54 Å². The molecule has 0 aliphatic carbocycles. The van der Waals surface area contributed by atoms with Gasteiger partial charge in [0, 0.05) is 18.3 Å². The fraction of sp³-hybridized carbons (Fsp3) is 0.0400. The Balaban J connectivity index is 1.53. The third-order valence-corrected chi connectivity index (χ3v) is 5.71. The van der Waals surface area contributed by atoms with Gasteiger partial charge in [0.25, 0.3) is 0 Å². The van der Waals surface area contributed by atoms with Gasteiger partial charge in [-0.3, -0.25) is 4.98 Å². The molecular formula is C25H19Cl2N3OS. The molecule has 0 radical (unpaired) electrons. The van der Waals surface area contributed by atoms with Crippen LogP contribution in [0.1, 0.15) is 5.56 Å². The van der Waals surface area contributed by atoms with Gasteiger partial charge in [0.05, 0.1) is 21.4 Å². The van der Waals surface area contributed by atoms with E-state index in [2.05, 4.69) is 15.6 Å². The number of anilines is 1. The number of halogens is 2. The topological polar surface area (TPSA) is 46.2 Å². The van der Waals surface area contributed by atoms with Crippen molar-refractivity contribution in [1.29, 1.82) is 0 Å². The zero-order valence-electron chi connectivity index (χ0n) is 16.9. The Morgan fingerprint density at radius 3 is 2.50 bits per heavy atom. The number of thiocarbonyl (C=S) groups is 1. The molecule has 32 heavy (non-hydrogen) atoms. The molecule has 0 atom stereocenters. The summed E-state index contributed by atoms with van der Waals surface area (Å²) < 4.78 is 6.12. The van der Waals surface area contributed by atoms with E-state index in [1.54, 1.807) is 12.3 Å². The van der Waals surface area contributed by atoms with Crippen LogP contribution in [0.15, 0.2) is 91.1 Å². The fourth-order valence-corrected chi connectivity index (χ4v) is 3.66. The molecule has 1 aromatic heterocycles. The van der Waals surface area contributed by atoms with Gasteiger partial charge < -0.3 is 15.4 Å². The highest BCUT2D eigenvalue weighted by Crippen LogP contribution is 2.34. The first-order chi connectivity index (χ1) is 15.6. The molecule has 4 aromatic rings. The van der Waals surface area contributed by atoms with Crippen molar-refractivity contribution in [3.05, 3.63) is 107 Å². The van der Waals surface area contributed by atoms with Gasteiger partial charge in [-0.25, -0.2) is 0 Å². The summed E-state index contributed by atoms with van der Waals surface area (Å²) in [5.74, 6) is 1.49. The average Bonchev–Trinajstić information content (AvgIpc) is 2.82. The molecule has 4 rings (SSSR count). The summed E-state index contributed by atoms with van der Waals surface area (Å²) in [7, 11) is 0. The monoisotopic (exact) mass is 479 g/mol. The summed E-state index contributed by atoms with van der Waals surface area (Å²) in [6.07, 6.45) is 1.76. The molecule has 7 heteroatoms. The van der Waals surface area contributed by atoms with Crippen LogP contribution in [0.2, 0.25) is 10.0 Å². The second kappa shape index (κ2) is 10.5. The van der Waals surface area contributed by atoms with Crippen LogP contribution in [0.5, 0.6) is 11.5 Å². The third-order valence-electron chi connectivity index (χ3n) is 4.64. The van der Waals surface area contributed by atoms with E-state index in [-0.39, 0.29) is 0 Å². The lowest BCUT2D eigenvalue weighted by molar-refractivity contribution is 0.484. The Labute approximate surface area is 202 Å². The number of nitrogens with one attached hydrogen (secondary N) is 2. The van der Waals surface area contributed by atoms with Gasteiger partial charge in [-0.1, -0.05) is 65.7 Å². The number of nitrogens with zero attached hydrogens (tertiary/aromatic N) is 1. The second-order valence-electron chi connectivity index (χ2n) is 6.83. The Hall–Kier alpha value is -3.12. The van der Waals surface area contributed by atoms with Crippen molar-refractivity contribution in [2.75, 3.05) is 5.32 Å². The van der Waals surface area contributed by atoms with Gasteiger partial charge >= 0.3 is 0 Å². The molecule has 0 saturated heterocycles. The molecule has 2 N–H and O–H groups in total. The highest BCUT2D eigenvalue weighted by Gasteiger charge is 2.13. The van der Waals surface area contributed by atoms with Crippen molar-refractivity contribution in [3.63, 3.8) is 0 Å². The third kappa shape index (κ3) is 5.37. The zero-order chi connectivity index (χ0) is 22.3. The Morgan fingerprint density at radius 1 is 0.875 bits per heavy atom. The van der Waals surface area contributed by atoms with Gasteiger partial charge in [-0.05, 0) is 60.2 Å². The molecule has 0 spiro atoms. The molecule has 0 unspecified atom stereocenters. The van der Waals surface area contributed by atoms with Gasteiger partial charge in [-0.15, -0.1) is 0 Å². The van der Waals surface area contributed by atoms with Crippen LogP contribution < -0.4 is 15.4 Å². The van der Waals surface area contributed by atoms with E-state index in [9.17, 15) is 0 Å². The number of pyridine rings is 1. The lowest BCUT2D eigenvalue weighted by Crippen LogP contribution is -2.28. The first kappa shape index (κ1) is 22.1. The van der Waals surface area contributed by atoms with E-state index in [1.807, 2.05) is 78.9 Å². The molecular weight excluding hydrogens is 461 g/mol. The minimum absolute atomic E-state index is 0.423. The summed E-state index contributed by atoms with van der Waals surface area (Å²) in [5, 5.41) is 7.61. The van der Waals surface area contributed by atoms with Gasteiger partial charge in [0.1, 0.15) is 11.5 Å². The van der Waals surface area contributed by atoms with E-state index in [1.165, 1.54) is 0 Å². The summed E-state index contributed by atoms with van der Waals surface area (Å²) in [4.78, 5) is 4.62. The van der Waals surface area contributed by atoms with Gasteiger partial charge in [0.2, 0.25) is 0 Å². The second-order valence-corrected chi connectivity index (χ2v) is 8.02. The van der Waals surface area contributed by atoms with Crippen LogP contribution in [0.3, 0.4) is 0 Å². The number of hydrogen-bond acceptors (Lipinski definition) is 3. The number of ether oxygens (including phenoxy) is 1. The zero-order valence-corrected chi connectivity index (χ0v) is 19.2. The molecule has 1 heterocycles. The molecule has 0 saturated carbocycles. The van der Waals surface area contributed by atoms with E-state index >= 15 is 0 Å². The predicted octanol–water partition coefficient (Wildman–Crippen LogP) is 7.33. The molecule has 160 valence electrons. The molecule has 0 amide bonds.